The van der Waals surface area contributed by atoms with Gasteiger partial charge in [-0.1, -0.05) is 27.7 Å². The molecule has 0 saturated carbocycles. The number of aliphatic hydroxyl groups is 1. The van der Waals surface area contributed by atoms with Crippen molar-refractivity contribution in [1.82, 2.24) is 5.32 Å². The Bertz CT molecular complexity index is 955. The molecule has 1 aromatic carbocycles. The molecule has 1 amide bonds. The SMILES string of the molecule is COCCCOc1cc(C(=O)[C@@H](C[C@H](NC(=O)OC(C)(C)C)[C@@H](O)CC(C(=O)O)C(C)C)C(C)C)ccc1OC. The van der Waals surface area contributed by atoms with Crippen molar-refractivity contribution in [3.05, 3.63) is 23.8 Å². The number of hydrogen-bond acceptors (Lipinski definition) is 8. The smallest absolute Gasteiger partial charge is 0.407 e. The van der Waals surface area contributed by atoms with Crippen LogP contribution in [0.15, 0.2) is 18.2 Å². The molecule has 0 saturated heterocycles. The van der Waals surface area contributed by atoms with Crippen molar-refractivity contribution < 1.29 is 43.5 Å². The fourth-order valence-corrected chi connectivity index (χ4v) is 4.35. The average Bonchev–Trinajstić information content (AvgIpc) is 2.85. The molecule has 0 aliphatic rings. The van der Waals surface area contributed by atoms with Gasteiger partial charge < -0.3 is 34.5 Å². The van der Waals surface area contributed by atoms with Gasteiger partial charge in [-0.2, -0.15) is 0 Å². The van der Waals surface area contributed by atoms with E-state index in [4.69, 9.17) is 18.9 Å². The first-order chi connectivity index (χ1) is 18.6. The molecule has 228 valence electrons. The minimum atomic E-state index is -1.22. The van der Waals surface area contributed by atoms with E-state index >= 15 is 0 Å². The Balaban J connectivity index is 3.30. The third kappa shape index (κ3) is 11.7. The van der Waals surface area contributed by atoms with Gasteiger partial charge in [-0.05, 0) is 63.6 Å². The number of carbonyl (C=O) groups excluding carboxylic acids is 2. The second-order valence-corrected chi connectivity index (χ2v) is 11.8. The molecule has 40 heavy (non-hydrogen) atoms. The molecule has 0 aromatic heterocycles. The fourth-order valence-electron chi connectivity index (χ4n) is 4.35. The zero-order valence-corrected chi connectivity index (χ0v) is 25.5. The number of rotatable bonds is 17. The quantitative estimate of drug-likeness (QED) is 0.176. The van der Waals surface area contributed by atoms with Gasteiger partial charge in [-0.3, -0.25) is 9.59 Å². The van der Waals surface area contributed by atoms with Gasteiger partial charge in [0.15, 0.2) is 17.3 Å². The second-order valence-electron chi connectivity index (χ2n) is 11.8. The first kappa shape index (κ1) is 35.2. The summed E-state index contributed by atoms with van der Waals surface area (Å²) in [5.41, 5.74) is -0.380. The van der Waals surface area contributed by atoms with Gasteiger partial charge in [0, 0.05) is 31.6 Å². The molecule has 0 heterocycles. The Kier molecular flexibility index (Phi) is 14.4. The normalized spacial score (nSPS) is 14.8. The Morgan fingerprint density at radius 1 is 0.925 bits per heavy atom. The maximum Gasteiger partial charge on any atom is 0.407 e. The number of Topliss-reactive ketones (excluding diaryl/α,β-unsaturated/α-hetero) is 1. The number of benzene rings is 1. The van der Waals surface area contributed by atoms with Crippen LogP contribution < -0.4 is 14.8 Å². The third-order valence-electron chi connectivity index (χ3n) is 6.63. The second kappa shape index (κ2) is 16.4. The summed E-state index contributed by atoms with van der Waals surface area (Å²) in [6, 6.07) is 4.04. The number of carbonyl (C=O) groups is 3. The van der Waals surface area contributed by atoms with E-state index in [0.29, 0.717) is 36.7 Å². The van der Waals surface area contributed by atoms with Gasteiger partial charge >= 0.3 is 12.1 Å². The van der Waals surface area contributed by atoms with Crippen molar-refractivity contribution in [1.29, 1.82) is 0 Å². The standard InChI is InChI=1S/C30H49NO9/c1-18(2)21(27(33)20-11-12-25(38-9)26(15-20)39-14-10-13-37-8)16-23(31-29(36)40-30(5,6)7)24(32)17-22(19(3)4)28(34)35/h11-12,15,18-19,21-24,32H,10,13-14,16-17H2,1-9H3,(H,31,36)(H,34,35)/t21-,22?,23-,24-/m0/s1. The average molecular weight is 568 g/mol. The number of amides is 1. The number of carboxylic acid groups (broad SMARTS) is 1. The zero-order chi connectivity index (χ0) is 30.6. The van der Waals surface area contributed by atoms with Crippen LogP contribution in [0.1, 0.15) is 78.1 Å². The number of ether oxygens (including phenoxy) is 4. The number of methoxy groups -OCH3 is 2. The van der Waals surface area contributed by atoms with Gasteiger partial charge in [-0.25, -0.2) is 4.79 Å². The molecule has 0 radical (unpaired) electrons. The number of hydrogen-bond donors (Lipinski definition) is 3. The van der Waals surface area contributed by atoms with E-state index in [2.05, 4.69) is 5.32 Å². The highest BCUT2D eigenvalue weighted by Gasteiger charge is 2.35. The molecule has 4 atom stereocenters. The van der Waals surface area contributed by atoms with E-state index in [1.807, 2.05) is 13.8 Å². The molecule has 1 aromatic rings. The van der Waals surface area contributed by atoms with E-state index in [1.165, 1.54) is 7.11 Å². The lowest BCUT2D eigenvalue weighted by molar-refractivity contribution is -0.144. The van der Waals surface area contributed by atoms with E-state index in [0.717, 1.165) is 0 Å². The maximum absolute atomic E-state index is 13.8. The topological polar surface area (TPSA) is 141 Å². The first-order valence-corrected chi connectivity index (χ1v) is 13.9. The van der Waals surface area contributed by atoms with E-state index in [9.17, 15) is 24.6 Å². The molecule has 0 aliphatic heterocycles. The first-order valence-electron chi connectivity index (χ1n) is 13.9. The Labute approximate surface area is 238 Å². The van der Waals surface area contributed by atoms with Crippen molar-refractivity contribution in [2.24, 2.45) is 23.7 Å². The summed E-state index contributed by atoms with van der Waals surface area (Å²) in [6.45, 7) is 13.4. The number of ketones is 1. The molecule has 1 rings (SSSR count). The highest BCUT2D eigenvalue weighted by molar-refractivity contribution is 5.98. The molecule has 0 bridgehead atoms. The van der Waals surface area contributed by atoms with Crippen LogP contribution in [0, 0.1) is 23.7 Å². The van der Waals surface area contributed by atoms with Crippen molar-refractivity contribution in [2.45, 2.75) is 85.5 Å². The van der Waals surface area contributed by atoms with Crippen LogP contribution in [0.5, 0.6) is 11.5 Å². The van der Waals surface area contributed by atoms with E-state index in [-0.39, 0.29) is 30.5 Å². The fraction of sp³-hybridized carbons (Fsp3) is 0.700. The summed E-state index contributed by atoms with van der Waals surface area (Å²) in [7, 11) is 3.13. The van der Waals surface area contributed by atoms with Crippen molar-refractivity contribution in [2.75, 3.05) is 27.4 Å². The van der Waals surface area contributed by atoms with Gasteiger partial charge in [0.1, 0.15) is 5.60 Å². The predicted molar refractivity (Wildman–Crippen MR) is 152 cm³/mol. The van der Waals surface area contributed by atoms with Crippen molar-refractivity contribution in [3.8, 4) is 11.5 Å². The Morgan fingerprint density at radius 2 is 1.55 bits per heavy atom. The van der Waals surface area contributed by atoms with Gasteiger partial charge in [0.25, 0.3) is 0 Å². The summed E-state index contributed by atoms with van der Waals surface area (Å²) in [6.07, 6.45) is -1.32. The Morgan fingerprint density at radius 3 is 2.05 bits per heavy atom. The monoisotopic (exact) mass is 567 g/mol. The number of aliphatic hydroxyl groups excluding tert-OH is 1. The maximum atomic E-state index is 13.8. The molecule has 0 fully saturated rings. The number of nitrogens with one attached hydrogen (secondary N) is 1. The van der Waals surface area contributed by atoms with Crippen LogP contribution in [-0.2, 0) is 14.3 Å². The van der Waals surface area contributed by atoms with Crippen LogP contribution in [0.3, 0.4) is 0 Å². The molecule has 1 unspecified atom stereocenters. The molecule has 10 heteroatoms. The van der Waals surface area contributed by atoms with Crippen molar-refractivity contribution >= 4 is 17.8 Å². The Hall–Kier alpha value is -2.85. The summed E-state index contributed by atoms with van der Waals surface area (Å²) in [5.74, 6) is -2.13. The molecule has 10 nitrogen and oxygen atoms in total. The van der Waals surface area contributed by atoms with Crippen LogP contribution in [-0.4, -0.2) is 73.2 Å². The highest BCUT2D eigenvalue weighted by Crippen LogP contribution is 2.32. The summed E-state index contributed by atoms with van der Waals surface area (Å²) in [5, 5.41) is 23.5. The van der Waals surface area contributed by atoms with Gasteiger partial charge in [0.2, 0.25) is 0 Å². The molecular weight excluding hydrogens is 518 g/mol. The van der Waals surface area contributed by atoms with Gasteiger partial charge in [-0.15, -0.1) is 0 Å². The lowest BCUT2D eigenvalue weighted by Gasteiger charge is -2.32. The molecular formula is C30H49NO9. The lowest BCUT2D eigenvalue weighted by Crippen LogP contribution is -2.48. The number of alkyl carbamates (subject to hydrolysis) is 1. The van der Waals surface area contributed by atoms with Crippen LogP contribution >= 0.6 is 0 Å². The molecule has 0 aliphatic carbocycles. The molecule has 0 spiro atoms. The minimum Gasteiger partial charge on any atom is -0.493 e. The van der Waals surface area contributed by atoms with E-state index < -0.39 is 41.6 Å². The van der Waals surface area contributed by atoms with Gasteiger partial charge in [0.05, 0.1) is 31.8 Å². The summed E-state index contributed by atoms with van der Waals surface area (Å²) >= 11 is 0. The summed E-state index contributed by atoms with van der Waals surface area (Å²) in [4.78, 5) is 38.3. The van der Waals surface area contributed by atoms with Crippen molar-refractivity contribution in [3.63, 3.8) is 0 Å². The number of carboxylic acids is 1. The number of aliphatic carboxylic acids is 1. The minimum absolute atomic E-state index is 0.0808. The van der Waals surface area contributed by atoms with Crippen LogP contribution in [0.25, 0.3) is 0 Å². The van der Waals surface area contributed by atoms with Crippen LogP contribution in [0.2, 0.25) is 0 Å². The van der Waals surface area contributed by atoms with E-state index in [1.54, 1.807) is 59.9 Å². The van der Waals surface area contributed by atoms with Crippen LogP contribution in [0.4, 0.5) is 4.79 Å². The third-order valence-corrected chi connectivity index (χ3v) is 6.63. The zero-order valence-electron chi connectivity index (χ0n) is 25.5. The lowest BCUT2D eigenvalue weighted by atomic mass is 9.80. The highest BCUT2D eigenvalue weighted by atomic mass is 16.6. The predicted octanol–water partition coefficient (Wildman–Crippen LogP) is 4.96. The largest absolute Gasteiger partial charge is 0.493 e. The summed E-state index contributed by atoms with van der Waals surface area (Å²) < 4.78 is 21.7. The molecule has 3 N–H and O–H groups in total.